The second kappa shape index (κ2) is 16.8. The molecule has 0 N–H and O–H groups in total. The third kappa shape index (κ3) is 6.76. The number of hydrogen-bond acceptors (Lipinski definition) is 6. The highest BCUT2D eigenvalue weighted by Gasteiger charge is 2.21. The molecule has 0 atom stereocenters. The number of rotatable bonds is 7. The molecule has 354 valence electrons. The maximum atomic E-state index is 6.65. The zero-order valence-electron chi connectivity index (χ0n) is 40.6. The highest BCUT2D eigenvalue weighted by molar-refractivity contribution is 7.26. The van der Waals surface area contributed by atoms with Gasteiger partial charge in [0.15, 0.2) is 17.5 Å². The van der Waals surface area contributed by atoms with Crippen LogP contribution in [-0.2, 0) is 0 Å². The Hall–Kier alpha value is -9.95. The Morgan fingerprint density at radius 1 is 0.303 bits per heavy atom. The van der Waals surface area contributed by atoms with Gasteiger partial charge in [-0.15, -0.1) is 11.3 Å². The first-order valence-electron chi connectivity index (χ1n) is 25.5. The van der Waals surface area contributed by atoms with E-state index in [0.717, 1.165) is 99.5 Å². The van der Waals surface area contributed by atoms with Crippen LogP contribution in [0.2, 0.25) is 0 Å². The van der Waals surface area contributed by atoms with Crippen molar-refractivity contribution in [1.29, 1.82) is 0 Å². The number of fused-ring (bicyclic) bond motifs is 12. The Morgan fingerprint density at radius 3 is 1.75 bits per heavy atom. The Morgan fingerprint density at radius 2 is 0.882 bits per heavy atom. The fourth-order valence-corrected chi connectivity index (χ4v) is 12.7. The first-order valence-corrected chi connectivity index (χ1v) is 26.3. The largest absolute Gasteiger partial charge is 0.456 e. The van der Waals surface area contributed by atoms with Gasteiger partial charge in [0.1, 0.15) is 22.3 Å². The Bertz CT molecular complexity index is 4990. The first kappa shape index (κ1) is 42.5. The summed E-state index contributed by atoms with van der Waals surface area (Å²) in [6.07, 6.45) is 0. The van der Waals surface area contributed by atoms with Crippen molar-refractivity contribution in [1.82, 2.24) is 19.5 Å². The third-order valence-electron chi connectivity index (χ3n) is 15.1. The van der Waals surface area contributed by atoms with Crippen molar-refractivity contribution in [3.63, 3.8) is 0 Å². The maximum absolute atomic E-state index is 6.65. The molecule has 16 rings (SSSR count). The number of hydrogen-bond donors (Lipinski definition) is 0. The molecule has 0 spiro atoms. The number of furan rings is 2. The number of para-hydroxylation sites is 2. The van der Waals surface area contributed by atoms with E-state index in [1.165, 1.54) is 42.1 Å². The molecule has 0 fully saturated rings. The van der Waals surface area contributed by atoms with E-state index in [1.807, 2.05) is 53.8 Å². The molecule has 0 unspecified atom stereocenters. The van der Waals surface area contributed by atoms with Gasteiger partial charge in [0.2, 0.25) is 0 Å². The van der Waals surface area contributed by atoms with Gasteiger partial charge in [0, 0.05) is 74.9 Å². The van der Waals surface area contributed by atoms with Crippen LogP contribution in [0.5, 0.6) is 0 Å². The summed E-state index contributed by atoms with van der Waals surface area (Å²) >= 11 is 1.87. The van der Waals surface area contributed by atoms with Gasteiger partial charge in [-0.1, -0.05) is 170 Å². The van der Waals surface area contributed by atoms with Crippen molar-refractivity contribution < 1.29 is 8.83 Å². The molecule has 76 heavy (non-hydrogen) atoms. The minimum atomic E-state index is 0.548. The normalized spacial score (nSPS) is 11.9. The van der Waals surface area contributed by atoms with Gasteiger partial charge >= 0.3 is 0 Å². The van der Waals surface area contributed by atoms with Gasteiger partial charge in [-0.25, -0.2) is 15.0 Å². The first-order chi connectivity index (χ1) is 37.6. The second-order valence-corrected chi connectivity index (χ2v) is 20.5. The summed E-state index contributed by atoms with van der Waals surface area (Å²) < 4.78 is 18.0. The zero-order chi connectivity index (χ0) is 49.8. The quantitative estimate of drug-likeness (QED) is 0.159. The molecule has 16 aromatic rings. The lowest BCUT2D eigenvalue weighted by Crippen LogP contribution is -2.00. The van der Waals surface area contributed by atoms with Crippen LogP contribution in [-0.4, -0.2) is 19.5 Å². The Labute approximate surface area is 439 Å². The number of thiophene rings is 1. The van der Waals surface area contributed by atoms with Gasteiger partial charge in [0.25, 0.3) is 0 Å². The summed E-state index contributed by atoms with van der Waals surface area (Å²) in [5.41, 5.74) is 16.1. The molecule has 0 aliphatic carbocycles. The smallest absolute Gasteiger partial charge is 0.164 e. The number of nitrogens with zero attached hydrogens (tertiary/aromatic N) is 4. The molecule has 0 radical (unpaired) electrons. The van der Waals surface area contributed by atoms with Crippen LogP contribution < -0.4 is 0 Å². The highest BCUT2D eigenvalue weighted by Crippen LogP contribution is 2.44. The monoisotopic (exact) mass is 988 g/mol. The number of aromatic nitrogens is 4. The van der Waals surface area contributed by atoms with Crippen molar-refractivity contribution in [2.45, 2.75) is 0 Å². The average Bonchev–Trinajstić information content (AvgIpc) is 4.29. The highest BCUT2D eigenvalue weighted by atomic mass is 32.1. The molecule has 0 bridgehead atoms. The van der Waals surface area contributed by atoms with Crippen LogP contribution in [0, 0.1) is 0 Å². The zero-order valence-corrected chi connectivity index (χ0v) is 41.4. The standard InChI is InChI=1S/C69H40N4O2S/c1-3-13-41(14-4-1)42-25-27-43(28-26-42)67-70-68(47-30-34-52-51-17-7-9-22-60(51)75-63(52)40-47)72-69(71-67)55-21-12-23-62-65(55)57-38-45(32-36-61(57)74-62)44-31-35-58-56(37-44)50-33-29-46(39-59(50)73(58)48-15-5-2-6-16-48)49-19-11-20-54-53-18-8-10-24-64(53)76-66(49)54/h1-40H. The Balaban J connectivity index is 0.845. The van der Waals surface area contributed by atoms with Crippen molar-refractivity contribution in [3.05, 3.63) is 243 Å². The fraction of sp³-hybridized carbons (Fsp3) is 0. The summed E-state index contributed by atoms with van der Waals surface area (Å²) in [6.45, 7) is 0. The summed E-state index contributed by atoms with van der Waals surface area (Å²) in [6, 6.07) is 85.8. The van der Waals surface area contributed by atoms with Crippen LogP contribution in [0.4, 0.5) is 0 Å². The summed E-state index contributed by atoms with van der Waals surface area (Å²) in [5.74, 6) is 1.67. The van der Waals surface area contributed by atoms with Crippen molar-refractivity contribution >= 4 is 97.2 Å². The molecule has 5 heterocycles. The fourth-order valence-electron chi connectivity index (χ4n) is 11.5. The summed E-state index contributed by atoms with van der Waals surface area (Å²) in [7, 11) is 0. The van der Waals surface area contributed by atoms with Crippen LogP contribution in [0.1, 0.15) is 0 Å². The van der Waals surface area contributed by atoms with E-state index in [1.54, 1.807) is 0 Å². The van der Waals surface area contributed by atoms with Crippen molar-refractivity contribution in [2.75, 3.05) is 0 Å². The van der Waals surface area contributed by atoms with Crippen LogP contribution in [0.15, 0.2) is 251 Å². The molecule has 6 nitrogen and oxygen atoms in total. The van der Waals surface area contributed by atoms with E-state index in [-0.39, 0.29) is 0 Å². The van der Waals surface area contributed by atoms with Gasteiger partial charge in [-0.2, -0.15) is 0 Å². The predicted octanol–water partition coefficient (Wildman–Crippen LogP) is 19.1. The summed E-state index contributed by atoms with van der Waals surface area (Å²) in [4.78, 5) is 15.7. The van der Waals surface area contributed by atoms with E-state index in [9.17, 15) is 0 Å². The number of benzene rings is 11. The molecule has 0 aliphatic heterocycles. The van der Waals surface area contributed by atoms with Gasteiger partial charge in [0.05, 0.1) is 11.0 Å². The van der Waals surface area contributed by atoms with Crippen LogP contribution in [0.3, 0.4) is 0 Å². The lowest BCUT2D eigenvalue weighted by molar-refractivity contribution is 0.668. The maximum Gasteiger partial charge on any atom is 0.164 e. The molecule has 0 amide bonds. The van der Waals surface area contributed by atoms with Crippen LogP contribution >= 0.6 is 11.3 Å². The van der Waals surface area contributed by atoms with Gasteiger partial charge in [-0.3, -0.25) is 0 Å². The lowest BCUT2D eigenvalue weighted by atomic mass is 9.98. The average molecular weight is 989 g/mol. The summed E-state index contributed by atoms with van der Waals surface area (Å²) in [5, 5.41) is 9.02. The third-order valence-corrected chi connectivity index (χ3v) is 16.3. The lowest BCUT2D eigenvalue weighted by Gasteiger charge is -2.10. The molecule has 0 aliphatic rings. The minimum absolute atomic E-state index is 0.548. The van der Waals surface area contributed by atoms with E-state index >= 15 is 0 Å². The van der Waals surface area contributed by atoms with E-state index in [0.29, 0.717) is 17.5 Å². The van der Waals surface area contributed by atoms with Gasteiger partial charge < -0.3 is 13.4 Å². The molecular formula is C69H40N4O2S. The molecule has 0 saturated heterocycles. The molecule has 0 saturated carbocycles. The SMILES string of the molecule is c1ccc(-c2ccc(-c3nc(-c4ccc5c(c4)oc4ccccc45)nc(-c4cccc5oc6ccc(-c7ccc8c(c7)c7ccc(-c9cccc%10c9sc9ccccc9%10)cc7n8-c7ccccc7)cc6c45)n3)cc2)cc1. The van der Waals surface area contributed by atoms with E-state index in [4.69, 9.17) is 23.8 Å². The van der Waals surface area contributed by atoms with Crippen molar-refractivity contribution in [3.8, 4) is 73.2 Å². The predicted molar refractivity (Wildman–Crippen MR) is 314 cm³/mol. The Kier molecular flexibility index (Phi) is 9.40. The van der Waals surface area contributed by atoms with Crippen LogP contribution in [0.25, 0.3) is 159 Å². The molecule has 11 aromatic carbocycles. The second-order valence-electron chi connectivity index (χ2n) is 19.5. The molecule has 5 aromatic heterocycles. The topological polar surface area (TPSA) is 69.9 Å². The van der Waals surface area contributed by atoms with Gasteiger partial charge in [-0.05, 0) is 106 Å². The van der Waals surface area contributed by atoms with E-state index < -0.39 is 0 Å². The van der Waals surface area contributed by atoms with E-state index in [2.05, 4.69) is 205 Å². The molecular weight excluding hydrogens is 949 g/mol. The molecule has 7 heteroatoms. The van der Waals surface area contributed by atoms with Crippen molar-refractivity contribution in [2.24, 2.45) is 0 Å². The minimum Gasteiger partial charge on any atom is -0.456 e.